The maximum Gasteiger partial charge on any atom is 0.294 e. The Balaban J connectivity index is 3.55. The van der Waals surface area contributed by atoms with Gasteiger partial charge in [0, 0.05) is 0 Å². The van der Waals surface area contributed by atoms with Crippen LogP contribution in [-0.2, 0) is 0 Å². The minimum Gasteiger partial charge on any atom is -0.365 e. The van der Waals surface area contributed by atoms with Crippen molar-refractivity contribution in [1.29, 1.82) is 0 Å². The van der Waals surface area contributed by atoms with Crippen molar-refractivity contribution in [3.05, 3.63) is 42.9 Å². The van der Waals surface area contributed by atoms with E-state index in [1.54, 1.807) is 0 Å². The topological polar surface area (TPSA) is 129 Å². The molecule has 9 heteroatoms. The van der Waals surface area contributed by atoms with Gasteiger partial charge in [-0.3, -0.25) is 25.0 Å². The van der Waals surface area contributed by atoms with Crippen LogP contribution < -0.4 is 5.73 Å². The van der Waals surface area contributed by atoms with Gasteiger partial charge in [0.15, 0.2) is 0 Å². The van der Waals surface area contributed by atoms with Gasteiger partial charge < -0.3 is 5.73 Å². The number of primary amides is 1. The Morgan fingerprint density at radius 3 is 2.06 bits per heavy atom. The van der Waals surface area contributed by atoms with E-state index in [2.05, 4.69) is 0 Å². The first kappa shape index (κ1) is 11.9. The molecule has 0 bridgehead atoms. The van der Waals surface area contributed by atoms with Crippen molar-refractivity contribution in [3.63, 3.8) is 0 Å². The molecule has 0 fully saturated rings. The number of nitrogens with two attached hydrogens (primary N) is 1. The molecular weight excluding hydrogens is 242 g/mol. The largest absolute Gasteiger partial charge is 0.365 e. The van der Waals surface area contributed by atoms with Gasteiger partial charge in [-0.2, -0.15) is 0 Å². The standard InChI is InChI=1S/C7H4ClN3O5/c8-4-1-3(7(9)12)5(10(13)14)2-6(4)11(15)16/h1-2H,(H2,9,12). The summed E-state index contributed by atoms with van der Waals surface area (Å²) < 4.78 is 0. The summed E-state index contributed by atoms with van der Waals surface area (Å²) in [6.45, 7) is 0. The Bertz CT molecular complexity index is 501. The summed E-state index contributed by atoms with van der Waals surface area (Å²) >= 11 is 5.47. The van der Waals surface area contributed by atoms with E-state index < -0.39 is 32.7 Å². The first-order valence-electron chi connectivity index (χ1n) is 3.76. The number of nitrogens with zero attached hydrogens (tertiary/aromatic N) is 2. The third-order valence-electron chi connectivity index (χ3n) is 1.72. The molecule has 1 amide bonds. The molecule has 0 heterocycles. The fraction of sp³-hybridized carbons (Fsp3) is 0. The van der Waals surface area contributed by atoms with Crippen LogP contribution in [0.5, 0.6) is 0 Å². The Labute approximate surface area is 92.9 Å². The first-order chi connectivity index (χ1) is 7.34. The number of benzene rings is 1. The molecule has 0 radical (unpaired) electrons. The molecular formula is C7H4ClN3O5. The van der Waals surface area contributed by atoms with Crippen LogP contribution in [0.4, 0.5) is 11.4 Å². The molecule has 0 aromatic heterocycles. The second-order valence-electron chi connectivity index (χ2n) is 2.70. The summed E-state index contributed by atoms with van der Waals surface area (Å²) in [7, 11) is 0. The van der Waals surface area contributed by atoms with Gasteiger partial charge in [0.05, 0.1) is 15.9 Å². The summed E-state index contributed by atoms with van der Waals surface area (Å²) in [5.74, 6) is -1.08. The van der Waals surface area contributed by atoms with E-state index in [0.29, 0.717) is 6.07 Å². The lowest BCUT2D eigenvalue weighted by molar-refractivity contribution is -0.394. The van der Waals surface area contributed by atoms with Gasteiger partial charge in [0.25, 0.3) is 17.3 Å². The van der Waals surface area contributed by atoms with Crippen molar-refractivity contribution in [2.24, 2.45) is 5.73 Å². The molecule has 1 aromatic rings. The minimum absolute atomic E-state index is 0.385. The first-order valence-corrected chi connectivity index (χ1v) is 4.14. The van der Waals surface area contributed by atoms with E-state index in [1.165, 1.54) is 0 Å². The Kier molecular flexibility index (Phi) is 3.04. The monoisotopic (exact) mass is 245 g/mol. The third-order valence-corrected chi connectivity index (χ3v) is 2.03. The van der Waals surface area contributed by atoms with E-state index >= 15 is 0 Å². The lowest BCUT2D eigenvalue weighted by atomic mass is 10.1. The number of rotatable bonds is 3. The Morgan fingerprint density at radius 2 is 1.69 bits per heavy atom. The van der Waals surface area contributed by atoms with Crippen molar-refractivity contribution >= 4 is 28.9 Å². The quantitative estimate of drug-likeness (QED) is 0.633. The van der Waals surface area contributed by atoms with Gasteiger partial charge in [0.2, 0.25) is 0 Å². The number of hydrogen-bond acceptors (Lipinski definition) is 5. The van der Waals surface area contributed by atoms with Gasteiger partial charge in [0.1, 0.15) is 10.6 Å². The second kappa shape index (κ2) is 4.11. The van der Waals surface area contributed by atoms with E-state index in [1.807, 2.05) is 0 Å². The normalized spacial score (nSPS) is 9.81. The molecule has 0 aliphatic heterocycles. The lowest BCUT2D eigenvalue weighted by Crippen LogP contribution is -2.13. The molecule has 1 rings (SSSR count). The van der Waals surface area contributed by atoms with E-state index in [9.17, 15) is 25.0 Å². The molecule has 84 valence electrons. The smallest absolute Gasteiger partial charge is 0.294 e. The van der Waals surface area contributed by atoms with Gasteiger partial charge >= 0.3 is 0 Å². The molecule has 0 spiro atoms. The summed E-state index contributed by atoms with van der Waals surface area (Å²) in [6.07, 6.45) is 0. The molecule has 2 N–H and O–H groups in total. The second-order valence-corrected chi connectivity index (χ2v) is 3.11. The zero-order valence-electron chi connectivity index (χ0n) is 7.55. The highest BCUT2D eigenvalue weighted by molar-refractivity contribution is 6.33. The van der Waals surface area contributed by atoms with Crippen LogP contribution in [0.25, 0.3) is 0 Å². The summed E-state index contributed by atoms with van der Waals surface area (Å²) in [6, 6.07) is 1.41. The van der Waals surface area contributed by atoms with Gasteiger partial charge in [-0.1, -0.05) is 11.6 Å². The van der Waals surface area contributed by atoms with Crippen LogP contribution >= 0.6 is 11.6 Å². The van der Waals surface area contributed by atoms with Crippen LogP contribution in [-0.4, -0.2) is 15.8 Å². The number of carbonyl (C=O) groups is 1. The maximum absolute atomic E-state index is 10.8. The molecule has 0 saturated carbocycles. The van der Waals surface area contributed by atoms with Gasteiger partial charge in [-0.05, 0) is 6.07 Å². The molecule has 8 nitrogen and oxygen atoms in total. The number of halogens is 1. The summed E-state index contributed by atoms with van der Waals surface area (Å²) in [5, 5.41) is 20.6. The lowest BCUT2D eigenvalue weighted by Gasteiger charge is -2.00. The van der Waals surface area contributed by atoms with Gasteiger partial charge in [-0.25, -0.2) is 0 Å². The Morgan fingerprint density at radius 1 is 1.19 bits per heavy atom. The predicted molar refractivity (Wildman–Crippen MR) is 53.3 cm³/mol. The van der Waals surface area contributed by atoms with Crippen molar-refractivity contribution in [2.75, 3.05) is 0 Å². The zero-order valence-corrected chi connectivity index (χ0v) is 8.30. The molecule has 1 aromatic carbocycles. The highest BCUT2D eigenvalue weighted by atomic mass is 35.5. The van der Waals surface area contributed by atoms with E-state index in [4.69, 9.17) is 17.3 Å². The zero-order chi connectivity index (χ0) is 12.5. The fourth-order valence-electron chi connectivity index (χ4n) is 1.04. The highest BCUT2D eigenvalue weighted by Gasteiger charge is 2.25. The molecule has 0 unspecified atom stereocenters. The summed E-state index contributed by atoms with van der Waals surface area (Å²) in [4.78, 5) is 30.0. The van der Waals surface area contributed by atoms with Crippen LogP contribution in [0.2, 0.25) is 5.02 Å². The van der Waals surface area contributed by atoms with Crippen LogP contribution in [0.1, 0.15) is 10.4 Å². The maximum atomic E-state index is 10.8. The molecule has 0 aliphatic rings. The van der Waals surface area contributed by atoms with E-state index in [-0.39, 0.29) is 5.02 Å². The van der Waals surface area contributed by atoms with Crippen molar-refractivity contribution < 1.29 is 14.6 Å². The number of hydrogen-bond donors (Lipinski definition) is 1. The van der Waals surface area contributed by atoms with Crippen LogP contribution in [0.3, 0.4) is 0 Å². The molecule has 16 heavy (non-hydrogen) atoms. The van der Waals surface area contributed by atoms with Gasteiger partial charge in [-0.15, -0.1) is 0 Å². The van der Waals surface area contributed by atoms with Crippen molar-refractivity contribution in [1.82, 2.24) is 0 Å². The Hall–Kier alpha value is -2.22. The predicted octanol–water partition coefficient (Wildman–Crippen LogP) is 1.26. The number of carbonyl (C=O) groups excluding carboxylic acids is 1. The number of nitro benzene ring substituents is 2. The van der Waals surface area contributed by atoms with Crippen molar-refractivity contribution in [2.45, 2.75) is 0 Å². The third kappa shape index (κ3) is 2.06. The number of nitro groups is 2. The minimum atomic E-state index is -1.08. The highest BCUT2D eigenvalue weighted by Crippen LogP contribution is 2.31. The fourth-order valence-corrected chi connectivity index (χ4v) is 1.27. The summed E-state index contributed by atoms with van der Waals surface area (Å²) in [5.41, 5.74) is 3.00. The average molecular weight is 246 g/mol. The molecule has 0 atom stereocenters. The molecule has 0 aliphatic carbocycles. The number of amides is 1. The van der Waals surface area contributed by atoms with Crippen LogP contribution in [0.15, 0.2) is 12.1 Å². The van der Waals surface area contributed by atoms with E-state index in [0.717, 1.165) is 6.07 Å². The average Bonchev–Trinajstić information content (AvgIpc) is 2.15. The SMILES string of the molecule is NC(=O)c1cc(Cl)c([N+](=O)[O-])cc1[N+](=O)[O-]. The van der Waals surface area contributed by atoms with Crippen molar-refractivity contribution in [3.8, 4) is 0 Å². The van der Waals surface area contributed by atoms with Crippen LogP contribution in [0, 0.1) is 20.2 Å². The molecule has 0 saturated heterocycles.